The van der Waals surface area contributed by atoms with Crippen LogP contribution in [0.3, 0.4) is 0 Å². The molecule has 0 aliphatic rings. The Hall–Kier alpha value is -3.75. The van der Waals surface area contributed by atoms with Crippen molar-refractivity contribution in [2.45, 2.75) is 59.4 Å². The summed E-state index contributed by atoms with van der Waals surface area (Å²) in [4.78, 5) is 15.6. The van der Waals surface area contributed by atoms with Gasteiger partial charge in [-0.15, -0.1) is 13.2 Å². The zero-order valence-electron chi connectivity index (χ0n) is 21.1. The Kier molecular flexibility index (Phi) is 9.38. The van der Waals surface area contributed by atoms with Gasteiger partial charge in [-0.25, -0.2) is 4.98 Å². The van der Waals surface area contributed by atoms with Crippen molar-refractivity contribution >= 4 is 5.97 Å². The number of imidazole rings is 1. The first-order valence-electron chi connectivity index (χ1n) is 12.1. The average Bonchev–Trinajstić information content (AvgIpc) is 3.20. The van der Waals surface area contributed by atoms with Gasteiger partial charge in [0.05, 0.1) is 12.2 Å². The van der Waals surface area contributed by atoms with Gasteiger partial charge in [-0.1, -0.05) is 37.6 Å². The second-order valence-electron chi connectivity index (χ2n) is 8.56. The van der Waals surface area contributed by atoms with Gasteiger partial charge in [-0.05, 0) is 62.6 Å². The molecule has 2 aromatic carbocycles. The molecule has 3 aromatic rings. The monoisotopic (exact) mass is 516 g/mol. The molecule has 0 amide bonds. The van der Waals surface area contributed by atoms with Gasteiger partial charge in [-0.3, -0.25) is 4.79 Å². The van der Waals surface area contributed by atoms with Crippen LogP contribution in [0.2, 0.25) is 0 Å². The van der Waals surface area contributed by atoms with Crippen LogP contribution in [-0.2, 0) is 24.2 Å². The number of hydrogen-bond acceptors (Lipinski definition) is 4. The Morgan fingerprint density at radius 1 is 1.05 bits per heavy atom. The van der Waals surface area contributed by atoms with Crippen molar-refractivity contribution in [2.24, 2.45) is 0 Å². The SMILES string of the molecule is CCc1nc(-c2ccc(OC(F)(F)F)cc2)n(Cc2ccccc2OC/C=C(\C)CCC(=O)O)c1CC. The second-order valence-corrected chi connectivity index (χ2v) is 8.56. The summed E-state index contributed by atoms with van der Waals surface area (Å²) in [5.74, 6) is 0.229. The summed E-state index contributed by atoms with van der Waals surface area (Å²) in [5, 5.41) is 8.85. The summed E-state index contributed by atoms with van der Waals surface area (Å²) in [6.07, 6.45) is -0.884. The quantitative estimate of drug-likeness (QED) is 0.268. The molecule has 0 bridgehead atoms. The Bertz CT molecular complexity index is 1230. The molecule has 1 N–H and O–H groups in total. The molecule has 0 aliphatic carbocycles. The Balaban J connectivity index is 1.88. The summed E-state index contributed by atoms with van der Waals surface area (Å²) < 4.78 is 49.9. The molecule has 0 spiro atoms. The molecule has 1 heterocycles. The molecule has 0 radical (unpaired) electrons. The molecule has 0 fully saturated rings. The van der Waals surface area contributed by atoms with E-state index in [2.05, 4.69) is 9.30 Å². The number of rotatable bonds is 12. The highest BCUT2D eigenvalue weighted by atomic mass is 19.4. The molecular weight excluding hydrogens is 485 g/mol. The largest absolute Gasteiger partial charge is 0.573 e. The number of aryl methyl sites for hydroxylation is 1. The number of carbonyl (C=O) groups is 1. The van der Waals surface area contributed by atoms with E-state index in [0.29, 0.717) is 36.7 Å². The summed E-state index contributed by atoms with van der Waals surface area (Å²) >= 11 is 0. The highest BCUT2D eigenvalue weighted by Gasteiger charge is 2.31. The maximum absolute atomic E-state index is 12.6. The summed E-state index contributed by atoms with van der Waals surface area (Å²) in [6.45, 7) is 6.71. The van der Waals surface area contributed by atoms with Crippen molar-refractivity contribution in [3.05, 3.63) is 77.1 Å². The number of allylic oxidation sites excluding steroid dienone is 1. The smallest absolute Gasteiger partial charge is 0.489 e. The van der Waals surface area contributed by atoms with E-state index in [9.17, 15) is 18.0 Å². The number of carboxylic acid groups (broad SMARTS) is 1. The molecule has 37 heavy (non-hydrogen) atoms. The average molecular weight is 517 g/mol. The Morgan fingerprint density at radius 2 is 1.76 bits per heavy atom. The predicted molar refractivity (Wildman–Crippen MR) is 135 cm³/mol. The zero-order valence-corrected chi connectivity index (χ0v) is 21.1. The van der Waals surface area contributed by atoms with Gasteiger partial charge in [0.1, 0.15) is 23.9 Å². The fraction of sp³-hybridized carbons (Fsp3) is 0.357. The second kappa shape index (κ2) is 12.5. The van der Waals surface area contributed by atoms with Crippen LogP contribution in [0.25, 0.3) is 11.4 Å². The van der Waals surface area contributed by atoms with E-state index in [4.69, 9.17) is 14.8 Å². The molecule has 0 saturated carbocycles. The molecule has 3 rings (SSSR count). The zero-order chi connectivity index (χ0) is 27.0. The fourth-order valence-corrected chi connectivity index (χ4v) is 4.04. The standard InChI is InChI=1S/C28H31F3N2O4/c1-4-23-24(5-2)33(27(32-23)20-11-13-22(14-12-20)37-28(29,30)31)18-21-8-6-7-9-25(21)36-17-16-19(3)10-15-26(34)35/h6-9,11-14,16H,4-5,10,15,17-18H2,1-3H3,(H,34,35)/b19-16+. The van der Waals surface area contributed by atoms with Crippen LogP contribution in [-0.4, -0.2) is 33.6 Å². The number of alkyl halides is 3. The first kappa shape index (κ1) is 27.8. The molecular formula is C28H31F3N2O4. The van der Waals surface area contributed by atoms with E-state index >= 15 is 0 Å². The van der Waals surface area contributed by atoms with Crippen LogP contribution in [0.5, 0.6) is 11.5 Å². The summed E-state index contributed by atoms with van der Waals surface area (Å²) in [5.41, 5.74) is 4.53. The van der Waals surface area contributed by atoms with E-state index in [1.54, 1.807) is 12.1 Å². The highest BCUT2D eigenvalue weighted by Crippen LogP contribution is 2.30. The summed E-state index contributed by atoms with van der Waals surface area (Å²) in [6, 6.07) is 13.4. The fourth-order valence-electron chi connectivity index (χ4n) is 4.04. The van der Waals surface area contributed by atoms with E-state index in [0.717, 1.165) is 35.4 Å². The number of carboxylic acids is 1. The number of para-hydroxylation sites is 1. The lowest BCUT2D eigenvalue weighted by Crippen LogP contribution is -2.17. The molecule has 0 saturated heterocycles. The van der Waals surface area contributed by atoms with E-state index in [1.165, 1.54) is 12.1 Å². The van der Waals surface area contributed by atoms with Gasteiger partial charge in [0, 0.05) is 23.2 Å². The topological polar surface area (TPSA) is 73.6 Å². The molecule has 0 unspecified atom stereocenters. The third kappa shape index (κ3) is 7.87. The van der Waals surface area contributed by atoms with Crippen molar-refractivity contribution < 1.29 is 32.5 Å². The molecule has 9 heteroatoms. The van der Waals surface area contributed by atoms with Crippen LogP contribution in [0.4, 0.5) is 13.2 Å². The molecule has 1 aromatic heterocycles. The first-order chi connectivity index (χ1) is 17.6. The molecule has 6 nitrogen and oxygen atoms in total. The van der Waals surface area contributed by atoms with Crippen LogP contribution < -0.4 is 9.47 Å². The third-order valence-electron chi connectivity index (χ3n) is 5.88. The van der Waals surface area contributed by atoms with Crippen molar-refractivity contribution in [3.8, 4) is 22.9 Å². The van der Waals surface area contributed by atoms with Crippen molar-refractivity contribution in [2.75, 3.05) is 6.61 Å². The van der Waals surface area contributed by atoms with E-state index < -0.39 is 12.3 Å². The van der Waals surface area contributed by atoms with Crippen LogP contribution in [0, 0.1) is 0 Å². The number of ether oxygens (including phenoxy) is 2. The highest BCUT2D eigenvalue weighted by molar-refractivity contribution is 5.67. The lowest BCUT2D eigenvalue weighted by Gasteiger charge is -2.16. The lowest BCUT2D eigenvalue weighted by atomic mass is 10.1. The predicted octanol–water partition coefficient (Wildman–Crippen LogP) is 6.81. The minimum atomic E-state index is -4.75. The van der Waals surface area contributed by atoms with Crippen molar-refractivity contribution in [1.29, 1.82) is 0 Å². The van der Waals surface area contributed by atoms with Crippen molar-refractivity contribution in [1.82, 2.24) is 9.55 Å². The number of hydrogen-bond donors (Lipinski definition) is 1. The first-order valence-corrected chi connectivity index (χ1v) is 12.1. The van der Waals surface area contributed by atoms with Crippen molar-refractivity contribution in [3.63, 3.8) is 0 Å². The maximum Gasteiger partial charge on any atom is 0.573 e. The maximum atomic E-state index is 12.6. The van der Waals surface area contributed by atoms with Gasteiger partial charge < -0.3 is 19.1 Å². The van der Waals surface area contributed by atoms with Crippen LogP contribution in [0.1, 0.15) is 50.6 Å². The minimum Gasteiger partial charge on any atom is -0.489 e. The number of aromatic nitrogens is 2. The van der Waals surface area contributed by atoms with Crippen LogP contribution >= 0.6 is 0 Å². The van der Waals surface area contributed by atoms with Gasteiger partial charge in [0.15, 0.2) is 0 Å². The normalized spacial score (nSPS) is 12.0. The number of benzene rings is 2. The van der Waals surface area contributed by atoms with E-state index in [-0.39, 0.29) is 12.2 Å². The number of nitrogens with zero attached hydrogens (tertiary/aromatic N) is 2. The Labute approximate surface area is 214 Å². The van der Waals surface area contributed by atoms with Gasteiger partial charge in [-0.2, -0.15) is 0 Å². The van der Waals surface area contributed by atoms with Gasteiger partial charge in [0.2, 0.25) is 0 Å². The molecule has 0 atom stereocenters. The summed E-state index contributed by atoms with van der Waals surface area (Å²) in [7, 11) is 0. The third-order valence-corrected chi connectivity index (χ3v) is 5.88. The van der Waals surface area contributed by atoms with Crippen LogP contribution in [0.15, 0.2) is 60.2 Å². The minimum absolute atomic E-state index is 0.0746. The molecule has 0 aliphatic heterocycles. The lowest BCUT2D eigenvalue weighted by molar-refractivity contribution is -0.274. The van der Waals surface area contributed by atoms with Gasteiger partial charge in [0.25, 0.3) is 0 Å². The van der Waals surface area contributed by atoms with E-state index in [1.807, 2.05) is 51.1 Å². The molecule has 198 valence electrons. The number of halogens is 3. The Morgan fingerprint density at radius 3 is 2.38 bits per heavy atom. The van der Waals surface area contributed by atoms with Gasteiger partial charge >= 0.3 is 12.3 Å². The number of aliphatic carboxylic acids is 1.